The second-order valence-corrected chi connectivity index (χ2v) is 7.53. The van der Waals surface area contributed by atoms with Crippen molar-refractivity contribution in [1.82, 2.24) is 0 Å². The van der Waals surface area contributed by atoms with Crippen LogP contribution in [0.15, 0.2) is 23.3 Å². The lowest BCUT2D eigenvalue weighted by molar-refractivity contribution is -0.188. The highest BCUT2D eigenvalue weighted by Gasteiger charge is 2.48. The van der Waals surface area contributed by atoms with Gasteiger partial charge >= 0.3 is 11.9 Å². The smallest absolute Gasteiger partial charge is 0.341 e. The molecule has 0 fully saturated rings. The molecule has 1 aliphatic carbocycles. The van der Waals surface area contributed by atoms with Crippen molar-refractivity contribution in [3.8, 4) is 0 Å². The molecule has 0 bridgehead atoms. The predicted molar refractivity (Wildman–Crippen MR) is 100.0 cm³/mol. The van der Waals surface area contributed by atoms with Crippen molar-refractivity contribution < 1.29 is 39.2 Å². The first-order chi connectivity index (χ1) is 12.9. The molecule has 0 amide bonds. The molecular formula is C20H30O8. The zero-order chi connectivity index (χ0) is 21.8. The Morgan fingerprint density at radius 3 is 2.29 bits per heavy atom. The van der Waals surface area contributed by atoms with Crippen LogP contribution < -0.4 is 0 Å². The van der Waals surface area contributed by atoms with Gasteiger partial charge in [-0.2, -0.15) is 0 Å². The second-order valence-electron chi connectivity index (χ2n) is 7.53. The lowest BCUT2D eigenvalue weighted by Gasteiger charge is -2.38. The Bertz CT molecular complexity index is 672. The molecule has 0 saturated carbocycles. The van der Waals surface area contributed by atoms with E-state index in [0.29, 0.717) is 5.57 Å². The minimum Gasteiger partial charge on any atom is -0.454 e. The maximum absolute atomic E-state index is 12.7. The molecule has 0 aromatic heterocycles. The van der Waals surface area contributed by atoms with Crippen LogP contribution in [0.3, 0.4) is 0 Å². The van der Waals surface area contributed by atoms with Gasteiger partial charge in [0.15, 0.2) is 11.7 Å². The molecule has 0 heterocycles. The average molecular weight is 398 g/mol. The van der Waals surface area contributed by atoms with E-state index in [0.717, 1.165) is 6.92 Å². The zero-order valence-corrected chi connectivity index (χ0v) is 17.1. The molecule has 8 nitrogen and oxygen atoms in total. The highest BCUT2D eigenvalue weighted by molar-refractivity contribution is 6.02. The number of Topliss-reactive ketones (excluding diaryl/α,β-unsaturated/α-hetero) is 1. The van der Waals surface area contributed by atoms with Crippen LogP contribution >= 0.6 is 0 Å². The van der Waals surface area contributed by atoms with Crippen molar-refractivity contribution in [2.24, 2.45) is 11.8 Å². The van der Waals surface area contributed by atoms with E-state index in [2.05, 4.69) is 0 Å². The molecule has 0 radical (unpaired) electrons. The van der Waals surface area contributed by atoms with Gasteiger partial charge in [-0.25, -0.2) is 9.59 Å². The molecule has 0 saturated heterocycles. The topological polar surface area (TPSA) is 130 Å². The molecule has 0 aromatic carbocycles. The Morgan fingerprint density at radius 2 is 1.86 bits per heavy atom. The first-order valence-electron chi connectivity index (χ1n) is 9.19. The van der Waals surface area contributed by atoms with Crippen LogP contribution in [0.1, 0.15) is 41.5 Å². The molecule has 0 unspecified atom stereocenters. The normalized spacial score (nSPS) is 26.4. The minimum atomic E-state index is -2.23. The van der Waals surface area contributed by atoms with Gasteiger partial charge in [-0.05, 0) is 39.7 Å². The van der Waals surface area contributed by atoms with Gasteiger partial charge in [0, 0.05) is 17.1 Å². The molecule has 5 atom stereocenters. The largest absolute Gasteiger partial charge is 0.454 e. The van der Waals surface area contributed by atoms with Crippen LogP contribution in [0.5, 0.6) is 0 Å². The number of allylic oxidation sites excluding steroid dienone is 1. The van der Waals surface area contributed by atoms with E-state index in [1.54, 1.807) is 33.8 Å². The van der Waals surface area contributed by atoms with Crippen molar-refractivity contribution >= 4 is 17.7 Å². The number of ketones is 1. The third-order valence-corrected chi connectivity index (χ3v) is 5.07. The lowest BCUT2D eigenvalue weighted by atomic mass is 9.77. The van der Waals surface area contributed by atoms with E-state index < -0.39 is 54.2 Å². The molecule has 28 heavy (non-hydrogen) atoms. The van der Waals surface area contributed by atoms with Gasteiger partial charge in [0.1, 0.15) is 6.10 Å². The summed E-state index contributed by atoms with van der Waals surface area (Å²) in [6, 6.07) is 0. The van der Waals surface area contributed by atoms with Gasteiger partial charge in [0.25, 0.3) is 0 Å². The summed E-state index contributed by atoms with van der Waals surface area (Å²) in [7, 11) is 0. The number of hydrogen-bond donors (Lipinski definition) is 3. The van der Waals surface area contributed by atoms with Crippen LogP contribution in [0, 0.1) is 11.8 Å². The molecule has 0 aromatic rings. The van der Waals surface area contributed by atoms with E-state index in [-0.39, 0.29) is 11.5 Å². The van der Waals surface area contributed by atoms with Crippen LogP contribution in [0.2, 0.25) is 0 Å². The van der Waals surface area contributed by atoms with Gasteiger partial charge in [0.2, 0.25) is 5.78 Å². The van der Waals surface area contributed by atoms with Crippen LogP contribution in [-0.2, 0) is 23.9 Å². The Hall–Kier alpha value is -2.03. The monoisotopic (exact) mass is 398 g/mol. The number of carbonyl (C=O) groups is 3. The Morgan fingerprint density at radius 1 is 1.29 bits per heavy atom. The molecule has 0 aliphatic heterocycles. The van der Waals surface area contributed by atoms with Crippen molar-refractivity contribution in [1.29, 1.82) is 0 Å². The van der Waals surface area contributed by atoms with Crippen LogP contribution in [0.25, 0.3) is 0 Å². The number of aliphatic hydroxyl groups excluding tert-OH is 2. The van der Waals surface area contributed by atoms with E-state index in [1.165, 1.54) is 13.0 Å². The average Bonchev–Trinajstić information content (AvgIpc) is 2.62. The first kappa shape index (κ1) is 24.0. The van der Waals surface area contributed by atoms with Gasteiger partial charge < -0.3 is 24.8 Å². The van der Waals surface area contributed by atoms with E-state index in [4.69, 9.17) is 9.47 Å². The van der Waals surface area contributed by atoms with Crippen molar-refractivity contribution in [2.45, 2.75) is 65.5 Å². The minimum absolute atomic E-state index is 0.0534. The summed E-state index contributed by atoms with van der Waals surface area (Å²) >= 11 is 0. The van der Waals surface area contributed by atoms with Gasteiger partial charge in [0.05, 0.1) is 12.7 Å². The zero-order valence-electron chi connectivity index (χ0n) is 17.1. The highest BCUT2D eigenvalue weighted by Crippen LogP contribution is 2.33. The van der Waals surface area contributed by atoms with Gasteiger partial charge in [-0.1, -0.05) is 19.9 Å². The molecule has 1 rings (SSSR count). The predicted octanol–water partition coefficient (Wildman–Crippen LogP) is 0.682. The summed E-state index contributed by atoms with van der Waals surface area (Å²) in [4.78, 5) is 37.3. The quantitative estimate of drug-likeness (QED) is 0.422. The van der Waals surface area contributed by atoms with E-state index >= 15 is 0 Å². The number of rotatable bonds is 7. The molecule has 3 N–H and O–H groups in total. The Balaban J connectivity index is 3.30. The molecule has 0 spiro atoms. The summed E-state index contributed by atoms with van der Waals surface area (Å²) in [6.45, 7) is 8.47. The van der Waals surface area contributed by atoms with Gasteiger partial charge in [-0.3, -0.25) is 4.79 Å². The lowest BCUT2D eigenvalue weighted by Crippen LogP contribution is -2.53. The van der Waals surface area contributed by atoms with Crippen molar-refractivity contribution in [2.75, 3.05) is 6.61 Å². The summed E-state index contributed by atoms with van der Waals surface area (Å²) in [5, 5.41) is 29.3. The SMILES string of the molecule is CC=C(C)C(=O)O[C@@H]1C=C(CO)C(=O)[C@@H](OC(=O)[C@](C)(O)[C@@H](C)O)[C@@H]1C(C)C. The fourth-order valence-electron chi connectivity index (χ4n) is 2.77. The van der Waals surface area contributed by atoms with Crippen LogP contribution in [0.4, 0.5) is 0 Å². The maximum Gasteiger partial charge on any atom is 0.341 e. The summed E-state index contributed by atoms with van der Waals surface area (Å²) in [6.07, 6.45) is -0.792. The fraction of sp³-hybridized carbons (Fsp3) is 0.650. The molecule has 8 heteroatoms. The van der Waals surface area contributed by atoms with Gasteiger partial charge in [-0.15, -0.1) is 0 Å². The standard InChI is InChI=1S/C20H30O8/c1-7-11(4)18(24)27-14-8-13(9-21)16(23)17(15(14)10(2)3)28-19(25)20(6,26)12(5)22/h7-8,10,12,14-15,17,21-22,26H,9H2,1-6H3/t12-,14-,15-,17+,20-/m1/s1. The van der Waals surface area contributed by atoms with E-state index in [9.17, 15) is 29.7 Å². The Labute approximate surface area is 164 Å². The second kappa shape index (κ2) is 9.45. The summed E-state index contributed by atoms with van der Waals surface area (Å²) < 4.78 is 10.8. The number of aliphatic hydroxyl groups is 3. The van der Waals surface area contributed by atoms with Crippen molar-refractivity contribution in [3.05, 3.63) is 23.3 Å². The number of esters is 2. The number of carbonyl (C=O) groups excluding carboxylic acids is 3. The number of ether oxygens (including phenoxy) is 2. The molecule has 158 valence electrons. The van der Waals surface area contributed by atoms with Crippen LogP contribution in [-0.4, -0.2) is 63.6 Å². The summed E-state index contributed by atoms with van der Waals surface area (Å²) in [5.74, 6) is -3.39. The van der Waals surface area contributed by atoms with E-state index in [1.807, 2.05) is 0 Å². The number of hydrogen-bond acceptors (Lipinski definition) is 8. The fourth-order valence-corrected chi connectivity index (χ4v) is 2.77. The molecular weight excluding hydrogens is 368 g/mol. The summed E-state index contributed by atoms with van der Waals surface area (Å²) in [5.41, 5.74) is -1.91. The Kier molecular flexibility index (Phi) is 8.10. The third-order valence-electron chi connectivity index (χ3n) is 5.07. The molecule has 1 aliphatic rings. The first-order valence-corrected chi connectivity index (χ1v) is 9.19. The van der Waals surface area contributed by atoms with Crippen molar-refractivity contribution in [3.63, 3.8) is 0 Å². The highest BCUT2D eigenvalue weighted by atomic mass is 16.6. The third kappa shape index (κ3) is 5.06. The maximum atomic E-state index is 12.7.